The van der Waals surface area contributed by atoms with Crippen LogP contribution in [0, 0.1) is 22.7 Å². The first kappa shape index (κ1) is 14.5. The number of hydrogen-bond donors (Lipinski definition) is 2. The van der Waals surface area contributed by atoms with Crippen LogP contribution in [-0.4, -0.2) is 24.3 Å². The third kappa shape index (κ3) is 5.06. The van der Waals surface area contributed by atoms with E-state index in [1.165, 1.54) is 19.3 Å². The lowest BCUT2D eigenvalue weighted by Crippen LogP contribution is -2.41. The Morgan fingerprint density at radius 2 is 2.00 bits per heavy atom. The lowest BCUT2D eigenvalue weighted by Gasteiger charge is -2.29. The molecule has 0 aromatic heterocycles. The summed E-state index contributed by atoms with van der Waals surface area (Å²) in [6.07, 6.45) is 6.65. The van der Waals surface area contributed by atoms with E-state index in [1.807, 2.05) is 0 Å². The van der Waals surface area contributed by atoms with Gasteiger partial charge in [0.05, 0.1) is 12.0 Å². The third-order valence-electron chi connectivity index (χ3n) is 3.81. The summed E-state index contributed by atoms with van der Waals surface area (Å²) in [5, 5.41) is 21.7. The number of rotatable bonds is 5. The molecule has 0 bridgehead atoms. The summed E-state index contributed by atoms with van der Waals surface area (Å²) in [7, 11) is 0. The molecule has 0 radical (unpaired) electrons. The fourth-order valence-electron chi connectivity index (χ4n) is 2.50. The van der Waals surface area contributed by atoms with Crippen molar-refractivity contribution in [2.45, 2.75) is 58.4 Å². The van der Waals surface area contributed by atoms with Crippen LogP contribution in [0.5, 0.6) is 0 Å². The van der Waals surface area contributed by atoms with Crippen LogP contribution in [0.3, 0.4) is 0 Å². The van der Waals surface area contributed by atoms with Gasteiger partial charge in [-0.15, -0.1) is 0 Å². The highest BCUT2D eigenvalue weighted by Gasteiger charge is 2.25. The van der Waals surface area contributed by atoms with E-state index in [-0.39, 0.29) is 17.9 Å². The molecule has 1 aliphatic carbocycles. The molecule has 1 rings (SSSR count). The van der Waals surface area contributed by atoms with E-state index in [0.29, 0.717) is 6.04 Å². The van der Waals surface area contributed by atoms with Crippen LogP contribution in [0.25, 0.3) is 0 Å². The first-order chi connectivity index (χ1) is 8.09. The van der Waals surface area contributed by atoms with Gasteiger partial charge in [0.1, 0.15) is 0 Å². The summed E-state index contributed by atoms with van der Waals surface area (Å²) < 4.78 is 0. The summed E-state index contributed by atoms with van der Waals surface area (Å²) in [6.45, 7) is 5.44. The molecule has 0 amide bonds. The fourth-order valence-corrected chi connectivity index (χ4v) is 2.50. The molecule has 17 heavy (non-hydrogen) atoms. The van der Waals surface area contributed by atoms with Crippen molar-refractivity contribution in [2.75, 3.05) is 13.2 Å². The Morgan fingerprint density at radius 1 is 1.29 bits per heavy atom. The zero-order valence-electron chi connectivity index (χ0n) is 11.2. The monoisotopic (exact) mass is 238 g/mol. The summed E-state index contributed by atoms with van der Waals surface area (Å²) in [5.41, 5.74) is 0.112. The van der Waals surface area contributed by atoms with E-state index in [4.69, 9.17) is 5.11 Å². The van der Waals surface area contributed by atoms with Gasteiger partial charge in [0.2, 0.25) is 0 Å². The minimum absolute atomic E-state index is 0.112. The molecular formula is C14H26N2O. The van der Waals surface area contributed by atoms with Crippen LogP contribution in [0.2, 0.25) is 0 Å². The molecule has 2 unspecified atom stereocenters. The number of nitriles is 1. The predicted molar refractivity (Wildman–Crippen MR) is 69.5 cm³/mol. The van der Waals surface area contributed by atoms with Crippen LogP contribution in [-0.2, 0) is 0 Å². The van der Waals surface area contributed by atoms with Crippen molar-refractivity contribution in [3.63, 3.8) is 0 Å². The number of aliphatic hydroxyl groups excluding tert-OH is 1. The van der Waals surface area contributed by atoms with E-state index in [9.17, 15) is 5.26 Å². The van der Waals surface area contributed by atoms with Gasteiger partial charge in [-0.05, 0) is 24.7 Å². The van der Waals surface area contributed by atoms with Crippen LogP contribution >= 0.6 is 0 Å². The average Bonchev–Trinajstić information content (AvgIpc) is 2.51. The van der Waals surface area contributed by atoms with Crippen molar-refractivity contribution in [1.29, 1.82) is 5.26 Å². The SMILES string of the molecule is CC(C)(CCO)CNC1CCCCCC1C#N. The largest absolute Gasteiger partial charge is 0.396 e. The van der Waals surface area contributed by atoms with Gasteiger partial charge in [-0.25, -0.2) is 0 Å². The second-order valence-corrected chi connectivity index (χ2v) is 6.00. The van der Waals surface area contributed by atoms with Gasteiger partial charge in [-0.1, -0.05) is 33.1 Å². The zero-order valence-corrected chi connectivity index (χ0v) is 11.2. The van der Waals surface area contributed by atoms with Crippen molar-refractivity contribution in [1.82, 2.24) is 5.32 Å². The number of nitrogens with one attached hydrogen (secondary N) is 1. The summed E-state index contributed by atoms with van der Waals surface area (Å²) >= 11 is 0. The van der Waals surface area contributed by atoms with Crippen LogP contribution in [0.1, 0.15) is 52.4 Å². The Bertz CT molecular complexity index is 257. The number of hydrogen-bond acceptors (Lipinski definition) is 3. The maximum Gasteiger partial charge on any atom is 0.0672 e. The Labute approximate surface area is 105 Å². The second kappa shape index (κ2) is 6.98. The Balaban J connectivity index is 2.45. The molecule has 1 saturated carbocycles. The van der Waals surface area contributed by atoms with Gasteiger partial charge in [0.25, 0.3) is 0 Å². The quantitative estimate of drug-likeness (QED) is 0.723. The van der Waals surface area contributed by atoms with E-state index in [2.05, 4.69) is 25.2 Å². The molecule has 1 fully saturated rings. The van der Waals surface area contributed by atoms with Gasteiger partial charge in [-0.3, -0.25) is 0 Å². The van der Waals surface area contributed by atoms with E-state index in [0.717, 1.165) is 25.8 Å². The van der Waals surface area contributed by atoms with Gasteiger partial charge in [0, 0.05) is 19.2 Å². The molecule has 3 nitrogen and oxygen atoms in total. The van der Waals surface area contributed by atoms with Crippen molar-refractivity contribution in [3.8, 4) is 6.07 Å². The molecule has 0 heterocycles. The second-order valence-electron chi connectivity index (χ2n) is 6.00. The number of nitrogens with zero attached hydrogens (tertiary/aromatic N) is 1. The summed E-state index contributed by atoms with van der Waals surface area (Å²) in [5.74, 6) is 0.169. The zero-order chi connectivity index (χ0) is 12.7. The predicted octanol–water partition coefficient (Wildman–Crippen LogP) is 2.46. The van der Waals surface area contributed by atoms with Gasteiger partial charge in [-0.2, -0.15) is 5.26 Å². The first-order valence-electron chi connectivity index (χ1n) is 6.83. The topological polar surface area (TPSA) is 56.0 Å². The van der Waals surface area contributed by atoms with Gasteiger partial charge in [0.15, 0.2) is 0 Å². The minimum Gasteiger partial charge on any atom is -0.396 e. The summed E-state index contributed by atoms with van der Waals surface area (Å²) in [6, 6.07) is 2.80. The Hall–Kier alpha value is -0.590. The molecule has 0 aliphatic heterocycles. The smallest absolute Gasteiger partial charge is 0.0672 e. The number of aliphatic hydroxyl groups is 1. The van der Waals surface area contributed by atoms with E-state index >= 15 is 0 Å². The highest BCUT2D eigenvalue weighted by atomic mass is 16.3. The van der Waals surface area contributed by atoms with Gasteiger partial charge >= 0.3 is 0 Å². The standard InChI is InChI=1S/C14H26N2O/c1-14(2,8-9-17)11-16-13-7-5-3-4-6-12(13)10-15/h12-13,16-17H,3-9,11H2,1-2H3. The Kier molecular flexibility index (Phi) is 5.94. The Morgan fingerprint density at radius 3 is 2.65 bits per heavy atom. The lowest BCUT2D eigenvalue weighted by atomic mass is 9.88. The average molecular weight is 238 g/mol. The molecule has 0 saturated heterocycles. The highest BCUT2D eigenvalue weighted by Crippen LogP contribution is 2.25. The third-order valence-corrected chi connectivity index (χ3v) is 3.81. The van der Waals surface area contributed by atoms with Gasteiger partial charge < -0.3 is 10.4 Å². The molecule has 0 spiro atoms. The van der Waals surface area contributed by atoms with Crippen LogP contribution in [0.15, 0.2) is 0 Å². The molecular weight excluding hydrogens is 212 g/mol. The summed E-state index contributed by atoms with van der Waals surface area (Å²) in [4.78, 5) is 0. The first-order valence-corrected chi connectivity index (χ1v) is 6.83. The molecule has 0 aromatic carbocycles. The minimum atomic E-state index is 0.112. The molecule has 3 heteroatoms. The molecule has 2 atom stereocenters. The van der Waals surface area contributed by atoms with E-state index < -0.39 is 0 Å². The van der Waals surface area contributed by atoms with Crippen molar-refractivity contribution < 1.29 is 5.11 Å². The molecule has 0 aromatic rings. The maximum atomic E-state index is 9.19. The van der Waals surface area contributed by atoms with Crippen molar-refractivity contribution >= 4 is 0 Å². The van der Waals surface area contributed by atoms with Crippen LogP contribution in [0.4, 0.5) is 0 Å². The maximum absolute atomic E-state index is 9.19. The van der Waals surface area contributed by atoms with Crippen LogP contribution < -0.4 is 5.32 Å². The molecule has 98 valence electrons. The fraction of sp³-hybridized carbons (Fsp3) is 0.929. The lowest BCUT2D eigenvalue weighted by molar-refractivity contribution is 0.198. The van der Waals surface area contributed by atoms with E-state index in [1.54, 1.807) is 0 Å². The molecule has 1 aliphatic rings. The highest BCUT2D eigenvalue weighted by molar-refractivity contribution is 4.94. The van der Waals surface area contributed by atoms with Crippen molar-refractivity contribution in [3.05, 3.63) is 0 Å². The van der Waals surface area contributed by atoms with Crippen molar-refractivity contribution in [2.24, 2.45) is 11.3 Å². The normalized spacial score (nSPS) is 26.2. The molecule has 2 N–H and O–H groups in total.